The standard InChI is InChI=1S/C18H15ClN4O2S/c1-22-16(24)14-4-2-3-5-15(14)23-17(22)20-21-18(23)26-11-10-25-13-8-6-12(19)7-9-13/h2-9H,10-11H2,1H3. The molecule has 0 unspecified atom stereocenters. The first-order valence-electron chi connectivity index (χ1n) is 7.99. The Morgan fingerprint density at radius 3 is 2.69 bits per heavy atom. The van der Waals surface area contributed by atoms with Crippen molar-refractivity contribution >= 4 is 40.0 Å². The molecule has 0 saturated carbocycles. The summed E-state index contributed by atoms with van der Waals surface area (Å²) in [5.74, 6) is 1.99. The number of aryl methyl sites for hydroxylation is 1. The van der Waals surface area contributed by atoms with E-state index in [4.69, 9.17) is 16.3 Å². The number of fused-ring (bicyclic) bond motifs is 3. The van der Waals surface area contributed by atoms with Crippen molar-refractivity contribution in [1.29, 1.82) is 0 Å². The number of nitrogens with zero attached hydrogens (tertiary/aromatic N) is 4. The van der Waals surface area contributed by atoms with Gasteiger partial charge >= 0.3 is 0 Å². The SMILES string of the molecule is Cn1c(=O)c2ccccc2n2c(SCCOc3ccc(Cl)cc3)nnc12. The lowest BCUT2D eigenvalue weighted by molar-refractivity contribution is 0.344. The third-order valence-corrected chi connectivity index (χ3v) is 5.14. The van der Waals surface area contributed by atoms with Gasteiger partial charge in [-0.05, 0) is 36.4 Å². The lowest BCUT2D eigenvalue weighted by Gasteiger charge is -2.08. The molecule has 132 valence electrons. The van der Waals surface area contributed by atoms with Crippen molar-refractivity contribution in [3.63, 3.8) is 0 Å². The molecule has 6 nitrogen and oxygen atoms in total. The summed E-state index contributed by atoms with van der Waals surface area (Å²) in [5, 5.41) is 10.5. The fraction of sp³-hybridized carbons (Fsp3) is 0.167. The number of halogens is 1. The Hall–Kier alpha value is -2.51. The molecule has 0 aliphatic rings. The molecule has 8 heteroatoms. The van der Waals surface area contributed by atoms with Crippen LogP contribution in [-0.2, 0) is 7.05 Å². The first kappa shape index (κ1) is 16.9. The van der Waals surface area contributed by atoms with Crippen molar-refractivity contribution in [3.05, 3.63) is 63.9 Å². The summed E-state index contributed by atoms with van der Waals surface area (Å²) in [6.45, 7) is 0.519. The number of ether oxygens (including phenoxy) is 1. The van der Waals surface area contributed by atoms with Crippen molar-refractivity contribution in [3.8, 4) is 5.75 Å². The fourth-order valence-electron chi connectivity index (χ4n) is 2.73. The van der Waals surface area contributed by atoms with Crippen LogP contribution in [0.2, 0.25) is 5.02 Å². The van der Waals surface area contributed by atoms with E-state index < -0.39 is 0 Å². The smallest absolute Gasteiger partial charge is 0.262 e. The van der Waals surface area contributed by atoms with E-state index >= 15 is 0 Å². The summed E-state index contributed by atoms with van der Waals surface area (Å²) in [6, 6.07) is 14.7. The van der Waals surface area contributed by atoms with E-state index in [9.17, 15) is 4.79 Å². The van der Waals surface area contributed by atoms with Gasteiger partial charge in [0.05, 0.1) is 17.5 Å². The molecule has 2 aromatic carbocycles. The van der Waals surface area contributed by atoms with Gasteiger partial charge in [-0.3, -0.25) is 13.8 Å². The van der Waals surface area contributed by atoms with Crippen LogP contribution in [-0.4, -0.2) is 31.5 Å². The topological polar surface area (TPSA) is 61.4 Å². The second-order valence-electron chi connectivity index (χ2n) is 5.65. The Kier molecular flexibility index (Phi) is 4.57. The van der Waals surface area contributed by atoms with Crippen LogP contribution >= 0.6 is 23.4 Å². The van der Waals surface area contributed by atoms with Gasteiger partial charge in [0.15, 0.2) is 5.16 Å². The highest BCUT2D eigenvalue weighted by atomic mass is 35.5. The zero-order valence-electron chi connectivity index (χ0n) is 13.9. The van der Waals surface area contributed by atoms with E-state index in [-0.39, 0.29) is 5.56 Å². The van der Waals surface area contributed by atoms with E-state index in [2.05, 4.69) is 10.2 Å². The molecule has 0 N–H and O–H groups in total. The highest BCUT2D eigenvalue weighted by Gasteiger charge is 2.14. The van der Waals surface area contributed by atoms with Gasteiger partial charge in [-0.15, -0.1) is 10.2 Å². The van der Waals surface area contributed by atoms with E-state index in [1.165, 1.54) is 16.3 Å². The highest BCUT2D eigenvalue weighted by Crippen LogP contribution is 2.21. The number of para-hydroxylation sites is 1. The first-order chi connectivity index (χ1) is 12.6. The molecule has 4 rings (SSSR count). The molecule has 0 radical (unpaired) electrons. The predicted octanol–water partition coefficient (Wildman–Crippen LogP) is 3.41. The first-order valence-corrected chi connectivity index (χ1v) is 9.35. The second-order valence-corrected chi connectivity index (χ2v) is 7.15. The van der Waals surface area contributed by atoms with Gasteiger partial charge in [0.25, 0.3) is 5.56 Å². The summed E-state index contributed by atoms with van der Waals surface area (Å²) in [6.07, 6.45) is 0. The van der Waals surface area contributed by atoms with Crippen LogP contribution in [0.3, 0.4) is 0 Å². The van der Waals surface area contributed by atoms with E-state index in [1.54, 1.807) is 19.2 Å². The van der Waals surface area contributed by atoms with Crippen LogP contribution in [0.5, 0.6) is 5.75 Å². The monoisotopic (exact) mass is 386 g/mol. The molecule has 0 aliphatic carbocycles. The highest BCUT2D eigenvalue weighted by molar-refractivity contribution is 7.99. The fourth-order valence-corrected chi connectivity index (χ4v) is 3.61. The lowest BCUT2D eigenvalue weighted by atomic mass is 10.2. The Morgan fingerprint density at radius 2 is 1.88 bits per heavy atom. The predicted molar refractivity (Wildman–Crippen MR) is 103 cm³/mol. The minimum Gasteiger partial charge on any atom is -0.493 e. The molecule has 0 atom stereocenters. The molecule has 0 fully saturated rings. The summed E-state index contributed by atoms with van der Waals surface area (Å²) >= 11 is 7.40. The van der Waals surface area contributed by atoms with Crippen molar-refractivity contribution in [2.24, 2.45) is 7.05 Å². The number of hydrogen-bond acceptors (Lipinski definition) is 5. The van der Waals surface area contributed by atoms with Crippen LogP contribution in [0.1, 0.15) is 0 Å². The molecule has 0 saturated heterocycles. The summed E-state index contributed by atoms with van der Waals surface area (Å²) in [4.78, 5) is 12.4. The molecule has 4 aromatic rings. The molecule has 2 aromatic heterocycles. The maximum Gasteiger partial charge on any atom is 0.262 e. The van der Waals surface area contributed by atoms with Crippen molar-refractivity contribution in [1.82, 2.24) is 19.2 Å². The third-order valence-electron chi connectivity index (χ3n) is 3.99. The maximum atomic E-state index is 12.4. The zero-order valence-corrected chi connectivity index (χ0v) is 15.5. The Bertz CT molecular complexity index is 1140. The van der Waals surface area contributed by atoms with Gasteiger partial charge < -0.3 is 4.74 Å². The van der Waals surface area contributed by atoms with Crippen molar-refractivity contribution in [2.45, 2.75) is 5.16 Å². The second kappa shape index (κ2) is 7.01. The number of rotatable bonds is 5. The zero-order chi connectivity index (χ0) is 18.1. The molecule has 0 aliphatic heterocycles. The third kappa shape index (κ3) is 3.04. The van der Waals surface area contributed by atoms with Crippen LogP contribution in [0.15, 0.2) is 58.5 Å². The average molecular weight is 387 g/mol. The normalized spacial score (nSPS) is 11.3. The van der Waals surface area contributed by atoms with Gasteiger partial charge in [-0.2, -0.15) is 0 Å². The van der Waals surface area contributed by atoms with Crippen LogP contribution in [0.4, 0.5) is 0 Å². The summed E-state index contributed by atoms with van der Waals surface area (Å²) in [7, 11) is 1.71. The number of benzene rings is 2. The Balaban J connectivity index is 1.57. The molecule has 26 heavy (non-hydrogen) atoms. The quantitative estimate of drug-likeness (QED) is 0.388. The van der Waals surface area contributed by atoms with Gasteiger partial charge in [0.1, 0.15) is 5.75 Å². The number of hydrogen-bond donors (Lipinski definition) is 0. The van der Waals surface area contributed by atoms with Gasteiger partial charge in [-0.25, -0.2) is 0 Å². The molecule has 0 amide bonds. The number of aromatic nitrogens is 4. The van der Waals surface area contributed by atoms with Crippen LogP contribution < -0.4 is 10.3 Å². The minimum absolute atomic E-state index is 0.0804. The summed E-state index contributed by atoms with van der Waals surface area (Å²) < 4.78 is 9.13. The average Bonchev–Trinajstić information content (AvgIpc) is 3.09. The van der Waals surface area contributed by atoms with E-state index in [1.807, 2.05) is 40.8 Å². The van der Waals surface area contributed by atoms with Gasteiger partial charge in [0.2, 0.25) is 5.78 Å². The molecule has 0 bridgehead atoms. The molecule has 2 heterocycles. The van der Waals surface area contributed by atoms with Crippen LogP contribution in [0, 0.1) is 0 Å². The minimum atomic E-state index is -0.0804. The van der Waals surface area contributed by atoms with E-state index in [0.717, 1.165) is 16.4 Å². The van der Waals surface area contributed by atoms with Gasteiger partial charge in [-0.1, -0.05) is 35.5 Å². The van der Waals surface area contributed by atoms with Crippen molar-refractivity contribution in [2.75, 3.05) is 12.4 Å². The molecule has 0 spiro atoms. The molecular weight excluding hydrogens is 372 g/mol. The van der Waals surface area contributed by atoms with Crippen molar-refractivity contribution < 1.29 is 4.74 Å². The lowest BCUT2D eigenvalue weighted by Crippen LogP contribution is -2.20. The maximum absolute atomic E-state index is 12.4. The van der Waals surface area contributed by atoms with Gasteiger partial charge in [0, 0.05) is 17.8 Å². The number of thioether (sulfide) groups is 1. The molecular formula is C18H15ClN4O2S. The Labute approximate surface area is 158 Å². The van der Waals surface area contributed by atoms with Crippen LogP contribution in [0.25, 0.3) is 16.7 Å². The Morgan fingerprint density at radius 1 is 1.12 bits per heavy atom. The van der Waals surface area contributed by atoms with E-state index in [0.29, 0.717) is 28.5 Å². The largest absolute Gasteiger partial charge is 0.493 e. The summed E-state index contributed by atoms with van der Waals surface area (Å²) in [5.41, 5.74) is 0.722.